The largest absolute Gasteiger partial charge is 0.454 e. The van der Waals surface area contributed by atoms with Crippen molar-refractivity contribution in [3.8, 4) is 22.3 Å². The molecule has 1 unspecified atom stereocenters. The van der Waals surface area contributed by atoms with Gasteiger partial charge in [0, 0.05) is 16.5 Å². The summed E-state index contributed by atoms with van der Waals surface area (Å²) >= 11 is 0. The van der Waals surface area contributed by atoms with Crippen LogP contribution < -0.4 is 4.90 Å². The van der Waals surface area contributed by atoms with Gasteiger partial charge in [0.25, 0.3) is 0 Å². The van der Waals surface area contributed by atoms with E-state index in [4.69, 9.17) is 4.42 Å². The fourth-order valence-electron chi connectivity index (χ4n) is 10.4. The molecule has 0 bridgehead atoms. The van der Waals surface area contributed by atoms with Crippen molar-refractivity contribution in [2.24, 2.45) is 0 Å². The molecule has 288 valence electrons. The summed E-state index contributed by atoms with van der Waals surface area (Å²) in [5.41, 5.74) is 15.9. The van der Waals surface area contributed by atoms with Gasteiger partial charge in [-0.2, -0.15) is 0 Å². The molecular formula is C59H41NO. The molecule has 0 saturated heterocycles. The molecule has 1 heterocycles. The lowest BCUT2D eigenvalue weighted by Crippen LogP contribution is -2.32. The lowest BCUT2D eigenvalue weighted by Gasteiger charge is -2.37. The van der Waals surface area contributed by atoms with Gasteiger partial charge in [-0.1, -0.05) is 206 Å². The zero-order valence-electron chi connectivity index (χ0n) is 33.6. The Morgan fingerprint density at radius 1 is 0.475 bits per heavy atom. The van der Waals surface area contributed by atoms with Crippen LogP contribution in [0.5, 0.6) is 0 Å². The van der Waals surface area contributed by atoms with Crippen molar-refractivity contribution in [3.63, 3.8) is 0 Å². The van der Waals surface area contributed by atoms with Crippen LogP contribution in [-0.4, -0.2) is 6.04 Å². The number of fused-ring (bicyclic) bond motifs is 8. The Morgan fingerprint density at radius 3 is 1.77 bits per heavy atom. The van der Waals surface area contributed by atoms with Gasteiger partial charge in [-0.25, -0.2) is 0 Å². The van der Waals surface area contributed by atoms with Gasteiger partial charge in [-0.15, -0.1) is 0 Å². The average Bonchev–Trinajstić information content (AvgIpc) is 3.87. The van der Waals surface area contributed by atoms with Crippen molar-refractivity contribution in [3.05, 3.63) is 258 Å². The Balaban J connectivity index is 1.10. The van der Waals surface area contributed by atoms with Gasteiger partial charge in [0.2, 0.25) is 0 Å². The van der Waals surface area contributed by atoms with Crippen LogP contribution >= 0.6 is 0 Å². The maximum atomic E-state index is 7.17. The Hall–Kier alpha value is -7.68. The van der Waals surface area contributed by atoms with Crippen molar-refractivity contribution in [2.75, 3.05) is 4.90 Å². The normalized spacial score (nSPS) is 15.1. The Morgan fingerprint density at radius 2 is 1.07 bits per heavy atom. The summed E-state index contributed by atoms with van der Waals surface area (Å²) in [5.74, 6) is 0. The minimum atomic E-state index is -0.517. The lowest BCUT2D eigenvalue weighted by molar-refractivity contribution is 0.664. The van der Waals surface area contributed by atoms with Gasteiger partial charge in [0.1, 0.15) is 5.58 Å². The zero-order chi connectivity index (χ0) is 40.3. The summed E-state index contributed by atoms with van der Waals surface area (Å²) in [6.07, 6.45) is 7.91. The molecule has 0 radical (unpaired) electrons. The molecule has 1 atom stereocenters. The fourth-order valence-corrected chi connectivity index (χ4v) is 10.4. The number of rotatable bonds is 7. The van der Waals surface area contributed by atoms with Crippen LogP contribution in [0.15, 0.2) is 235 Å². The minimum absolute atomic E-state index is 0.0222. The summed E-state index contributed by atoms with van der Waals surface area (Å²) < 4.78 is 7.17. The highest BCUT2D eigenvalue weighted by Crippen LogP contribution is 2.56. The highest BCUT2D eigenvalue weighted by atomic mass is 16.3. The molecule has 2 heteroatoms. The van der Waals surface area contributed by atoms with Crippen LogP contribution in [0.4, 0.5) is 11.4 Å². The third-order valence-electron chi connectivity index (χ3n) is 13.1. The van der Waals surface area contributed by atoms with Crippen LogP contribution in [0.3, 0.4) is 0 Å². The third kappa shape index (κ3) is 5.49. The number of nitrogens with zero attached hydrogens (tertiary/aromatic N) is 1. The number of anilines is 2. The van der Waals surface area contributed by atoms with Crippen LogP contribution in [0.1, 0.15) is 34.2 Å². The van der Waals surface area contributed by atoms with Gasteiger partial charge in [0.15, 0.2) is 5.58 Å². The second kappa shape index (κ2) is 14.3. The van der Waals surface area contributed by atoms with E-state index in [2.05, 4.69) is 235 Å². The molecule has 2 aliphatic rings. The van der Waals surface area contributed by atoms with Crippen molar-refractivity contribution in [1.29, 1.82) is 0 Å². The molecular weight excluding hydrogens is 739 g/mol. The lowest BCUT2D eigenvalue weighted by atomic mass is 9.67. The summed E-state index contributed by atoms with van der Waals surface area (Å²) in [6, 6.07) is 77.4. The summed E-state index contributed by atoms with van der Waals surface area (Å²) in [4.78, 5) is 2.52. The SMILES string of the molecule is C1=CC(N(c2cccc(C3(c4ccccc4)c4ccccc4-c4ccccc43)c2)c2cccc3c2oc2cc(-c4ccccc4)c4ccccc4c23)CC=C1c1ccccc1. The first-order chi connectivity index (χ1) is 30.3. The Labute approximate surface area is 356 Å². The van der Waals surface area contributed by atoms with Crippen LogP contribution in [0, 0.1) is 0 Å². The molecule has 10 aromatic rings. The van der Waals surface area contributed by atoms with Crippen LogP contribution in [0.2, 0.25) is 0 Å². The van der Waals surface area contributed by atoms with E-state index in [1.165, 1.54) is 66.4 Å². The summed E-state index contributed by atoms with van der Waals surface area (Å²) in [7, 11) is 0. The number of para-hydroxylation sites is 1. The van der Waals surface area contributed by atoms with Gasteiger partial charge in [-0.3, -0.25) is 0 Å². The van der Waals surface area contributed by atoms with Crippen molar-refractivity contribution >= 4 is 49.7 Å². The number of hydrogen-bond acceptors (Lipinski definition) is 2. The highest BCUT2D eigenvalue weighted by Gasteiger charge is 2.46. The van der Waals surface area contributed by atoms with Crippen LogP contribution in [-0.2, 0) is 5.41 Å². The molecule has 0 aliphatic heterocycles. The average molecular weight is 780 g/mol. The predicted molar refractivity (Wildman–Crippen MR) is 255 cm³/mol. The topological polar surface area (TPSA) is 16.4 Å². The molecule has 0 N–H and O–H groups in total. The number of benzene rings is 9. The number of furan rings is 1. The molecule has 0 saturated carbocycles. The third-order valence-corrected chi connectivity index (χ3v) is 13.1. The number of allylic oxidation sites excluding steroid dienone is 2. The van der Waals surface area contributed by atoms with Gasteiger partial charge >= 0.3 is 0 Å². The quantitative estimate of drug-likeness (QED) is 0.160. The van der Waals surface area contributed by atoms with Crippen molar-refractivity contribution in [2.45, 2.75) is 17.9 Å². The highest BCUT2D eigenvalue weighted by molar-refractivity contribution is 6.23. The first-order valence-corrected chi connectivity index (χ1v) is 21.3. The molecule has 2 nitrogen and oxygen atoms in total. The van der Waals surface area contributed by atoms with E-state index >= 15 is 0 Å². The molecule has 12 rings (SSSR count). The molecule has 2 aliphatic carbocycles. The first kappa shape index (κ1) is 35.3. The van der Waals surface area contributed by atoms with Crippen LogP contribution in [0.25, 0.3) is 60.5 Å². The predicted octanol–water partition coefficient (Wildman–Crippen LogP) is 15.3. The monoisotopic (exact) mass is 779 g/mol. The van der Waals surface area contributed by atoms with E-state index in [1.54, 1.807) is 0 Å². The van der Waals surface area contributed by atoms with E-state index in [0.29, 0.717) is 0 Å². The molecule has 9 aromatic carbocycles. The van der Waals surface area contributed by atoms with E-state index in [1.807, 2.05) is 0 Å². The molecule has 1 aromatic heterocycles. The van der Waals surface area contributed by atoms with Gasteiger partial charge < -0.3 is 9.32 Å². The van der Waals surface area contributed by atoms with Gasteiger partial charge in [0.05, 0.1) is 17.1 Å². The fraction of sp³-hybridized carbons (Fsp3) is 0.0508. The molecule has 61 heavy (non-hydrogen) atoms. The summed E-state index contributed by atoms with van der Waals surface area (Å²) in [5, 5.41) is 4.67. The number of hydrogen-bond donors (Lipinski definition) is 0. The minimum Gasteiger partial charge on any atom is -0.454 e. The smallest absolute Gasteiger partial charge is 0.159 e. The standard InChI is InChI=1S/C59H41NO/c1-4-18-40(19-5-1)41-34-36-45(37-35-41)60(55-33-17-30-51-57-50-29-11-10-26-47(50)52(39-56(57)61-58(51)55)42-20-6-2-7-21-42)46-25-16-24-44(38-46)59(43-22-8-3-9-23-43)53-31-14-12-27-48(53)49-28-13-15-32-54(49)59/h1-36,38-39,45H,37H2. The van der Waals surface area contributed by atoms with E-state index in [-0.39, 0.29) is 6.04 Å². The second-order valence-corrected chi connectivity index (χ2v) is 16.3. The zero-order valence-corrected chi connectivity index (χ0v) is 33.6. The first-order valence-electron chi connectivity index (χ1n) is 21.3. The van der Waals surface area contributed by atoms with Crippen molar-refractivity contribution in [1.82, 2.24) is 0 Å². The van der Waals surface area contributed by atoms with E-state index < -0.39 is 5.41 Å². The summed E-state index contributed by atoms with van der Waals surface area (Å²) in [6.45, 7) is 0. The second-order valence-electron chi connectivity index (χ2n) is 16.3. The molecule has 0 amide bonds. The van der Waals surface area contributed by atoms with Crippen molar-refractivity contribution < 1.29 is 4.42 Å². The maximum Gasteiger partial charge on any atom is 0.159 e. The Bertz CT molecular complexity index is 3290. The van der Waals surface area contributed by atoms with Gasteiger partial charge in [-0.05, 0) is 97.1 Å². The maximum absolute atomic E-state index is 7.17. The Kier molecular flexibility index (Phi) is 8.24. The van der Waals surface area contributed by atoms with E-state index in [0.717, 1.165) is 39.7 Å². The molecule has 0 spiro atoms. The molecule has 0 fully saturated rings. The van der Waals surface area contributed by atoms with E-state index in [9.17, 15) is 0 Å².